The monoisotopic (exact) mass is 321 g/mol. The zero-order chi connectivity index (χ0) is 15.8. The molecule has 1 aliphatic heterocycles. The quantitative estimate of drug-likeness (QED) is 0.799. The molecule has 21 heavy (non-hydrogen) atoms. The number of benzene rings is 1. The van der Waals surface area contributed by atoms with E-state index in [1.165, 1.54) is 11.0 Å². The van der Waals surface area contributed by atoms with Gasteiger partial charge in [0.25, 0.3) is 0 Å². The van der Waals surface area contributed by atoms with E-state index in [0.717, 1.165) is 12.1 Å². The van der Waals surface area contributed by atoms with E-state index in [1.807, 2.05) is 0 Å². The predicted octanol–water partition coefficient (Wildman–Crippen LogP) is 2.17. The van der Waals surface area contributed by atoms with Gasteiger partial charge in [0.05, 0.1) is 11.8 Å². The second-order valence-corrected chi connectivity index (χ2v) is 6.58. The molecule has 1 aromatic rings. The number of hydrogen-bond acceptors (Lipinski definition) is 3. The third-order valence-electron chi connectivity index (χ3n) is 3.57. The molecule has 1 fully saturated rings. The van der Waals surface area contributed by atoms with Crippen LogP contribution in [-0.2, 0) is 15.0 Å². The Kier molecular flexibility index (Phi) is 4.27. The summed E-state index contributed by atoms with van der Waals surface area (Å²) in [6, 6.07) is 2.77. The van der Waals surface area contributed by atoms with Gasteiger partial charge in [-0.05, 0) is 24.6 Å². The van der Waals surface area contributed by atoms with Gasteiger partial charge < -0.3 is 4.90 Å². The van der Waals surface area contributed by atoms with Crippen LogP contribution in [0.1, 0.15) is 24.9 Å². The average Bonchev–Trinajstić information content (AvgIpc) is 2.70. The first kappa shape index (κ1) is 15.8. The minimum atomic E-state index is -4.65. The highest BCUT2D eigenvalue weighted by Crippen LogP contribution is 2.30. The molecule has 1 heterocycles. The lowest BCUT2D eigenvalue weighted by molar-refractivity contribution is -0.129. The van der Waals surface area contributed by atoms with E-state index < -0.39 is 39.6 Å². The van der Waals surface area contributed by atoms with Crippen LogP contribution in [0.5, 0.6) is 0 Å². The van der Waals surface area contributed by atoms with Crippen molar-refractivity contribution in [3.8, 4) is 0 Å². The van der Waals surface area contributed by atoms with Crippen LogP contribution in [0.2, 0.25) is 0 Å². The van der Waals surface area contributed by atoms with Crippen LogP contribution in [0.4, 0.5) is 12.7 Å². The lowest BCUT2D eigenvalue weighted by Crippen LogP contribution is -2.29. The molecule has 0 aliphatic carbocycles. The van der Waals surface area contributed by atoms with Crippen LogP contribution < -0.4 is 0 Å². The first-order valence-corrected chi connectivity index (χ1v) is 7.89. The van der Waals surface area contributed by atoms with Crippen LogP contribution in [0.3, 0.4) is 0 Å². The molecule has 1 amide bonds. The standard InChI is InChI=1S/C13H14F3NO3S/c1-8(10-2-3-11(14)12(15)5-10)17-6-9(4-13(17)18)7-21(16,19)20/h2-3,5,8-9H,4,6-7H2,1H3. The van der Waals surface area contributed by atoms with E-state index in [2.05, 4.69) is 0 Å². The zero-order valence-corrected chi connectivity index (χ0v) is 12.0. The van der Waals surface area contributed by atoms with E-state index in [4.69, 9.17) is 0 Å². The average molecular weight is 321 g/mol. The molecule has 0 radical (unpaired) electrons. The number of nitrogens with zero attached hydrogens (tertiary/aromatic N) is 1. The summed E-state index contributed by atoms with van der Waals surface area (Å²) in [5.41, 5.74) is 0.394. The van der Waals surface area contributed by atoms with Crippen LogP contribution >= 0.6 is 0 Å². The molecular formula is C13H14F3NO3S. The number of carbonyl (C=O) groups excluding carboxylic acids is 1. The Labute approximate surface area is 120 Å². The zero-order valence-electron chi connectivity index (χ0n) is 11.2. The van der Waals surface area contributed by atoms with Gasteiger partial charge in [0.2, 0.25) is 5.91 Å². The van der Waals surface area contributed by atoms with E-state index in [0.29, 0.717) is 5.56 Å². The van der Waals surface area contributed by atoms with Crippen LogP contribution in [0, 0.1) is 17.6 Å². The predicted molar refractivity (Wildman–Crippen MR) is 69.5 cm³/mol. The van der Waals surface area contributed by atoms with Crippen LogP contribution in [0.15, 0.2) is 18.2 Å². The van der Waals surface area contributed by atoms with Crippen LogP contribution in [0.25, 0.3) is 0 Å². The molecule has 4 nitrogen and oxygen atoms in total. The Morgan fingerprint density at radius 3 is 2.57 bits per heavy atom. The molecule has 8 heteroatoms. The van der Waals surface area contributed by atoms with Gasteiger partial charge in [-0.25, -0.2) is 8.78 Å². The number of carbonyl (C=O) groups is 1. The van der Waals surface area contributed by atoms with Gasteiger partial charge in [0.1, 0.15) is 0 Å². The Morgan fingerprint density at radius 1 is 1.33 bits per heavy atom. The van der Waals surface area contributed by atoms with Crippen molar-refractivity contribution in [1.29, 1.82) is 0 Å². The van der Waals surface area contributed by atoms with Gasteiger partial charge in [-0.15, -0.1) is 3.89 Å². The molecule has 0 spiro atoms. The summed E-state index contributed by atoms with van der Waals surface area (Å²) < 4.78 is 60.1. The second kappa shape index (κ2) is 5.67. The molecular weight excluding hydrogens is 307 g/mol. The van der Waals surface area contributed by atoms with Gasteiger partial charge in [-0.2, -0.15) is 8.42 Å². The third-order valence-corrected chi connectivity index (χ3v) is 4.44. The molecule has 116 valence electrons. The van der Waals surface area contributed by atoms with E-state index in [9.17, 15) is 25.9 Å². The first-order chi connectivity index (χ1) is 9.67. The molecule has 0 saturated carbocycles. The molecule has 0 N–H and O–H groups in total. The van der Waals surface area contributed by atoms with Crippen molar-refractivity contribution in [2.24, 2.45) is 5.92 Å². The van der Waals surface area contributed by atoms with Crippen molar-refractivity contribution in [2.75, 3.05) is 12.3 Å². The summed E-state index contributed by atoms with van der Waals surface area (Å²) in [6.45, 7) is 1.69. The summed E-state index contributed by atoms with van der Waals surface area (Å²) in [5, 5.41) is 0. The molecule has 2 unspecified atom stereocenters. The maximum atomic E-state index is 13.2. The fourth-order valence-corrected chi connectivity index (χ4v) is 3.31. The molecule has 1 aliphatic rings. The van der Waals surface area contributed by atoms with Gasteiger partial charge in [0, 0.05) is 18.9 Å². The smallest absolute Gasteiger partial charge is 0.302 e. The third kappa shape index (κ3) is 3.75. The summed E-state index contributed by atoms with van der Waals surface area (Å²) >= 11 is 0. The number of likely N-dealkylation sites (tertiary alicyclic amines) is 1. The normalized spacial score (nSPS) is 20.9. The Morgan fingerprint density at radius 2 is 2.00 bits per heavy atom. The Hall–Kier alpha value is -1.57. The molecule has 0 aromatic heterocycles. The van der Waals surface area contributed by atoms with Crippen molar-refractivity contribution in [3.05, 3.63) is 35.4 Å². The van der Waals surface area contributed by atoms with E-state index >= 15 is 0 Å². The molecule has 2 atom stereocenters. The van der Waals surface area contributed by atoms with Gasteiger partial charge >= 0.3 is 10.2 Å². The topological polar surface area (TPSA) is 54.5 Å². The van der Waals surface area contributed by atoms with Gasteiger partial charge in [-0.1, -0.05) is 6.07 Å². The fourth-order valence-electron chi connectivity index (χ4n) is 2.53. The van der Waals surface area contributed by atoms with Crippen molar-refractivity contribution in [1.82, 2.24) is 4.90 Å². The highest BCUT2D eigenvalue weighted by atomic mass is 32.3. The second-order valence-electron chi connectivity index (χ2n) is 5.17. The van der Waals surface area contributed by atoms with E-state index in [-0.39, 0.29) is 18.9 Å². The maximum absolute atomic E-state index is 13.2. The lowest BCUT2D eigenvalue weighted by atomic mass is 10.1. The summed E-state index contributed by atoms with van der Waals surface area (Å²) in [6.07, 6.45) is -0.0723. The molecule has 1 aromatic carbocycles. The highest BCUT2D eigenvalue weighted by molar-refractivity contribution is 7.86. The summed E-state index contributed by atoms with van der Waals surface area (Å²) in [7, 11) is -4.65. The Balaban J connectivity index is 2.14. The largest absolute Gasteiger partial charge is 0.336 e. The van der Waals surface area contributed by atoms with Crippen molar-refractivity contribution in [3.63, 3.8) is 0 Å². The van der Waals surface area contributed by atoms with Gasteiger partial charge in [-0.3, -0.25) is 4.79 Å². The van der Waals surface area contributed by atoms with E-state index in [1.54, 1.807) is 6.92 Å². The van der Waals surface area contributed by atoms with Gasteiger partial charge in [0.15, 0.2) is 11.6 Å². The molecule has 1 saturated heterocycles. The first-order valence-electron chi connectivity index (χ1n) is 6.34. The summed E-state index contributed by atoms with van der Waals surface area (Å²) in [4.78, 5) is 13.2. The highest BCUT2D eigenvalue weighted by Gasteiger charge is 2.35. The maximum Gasteiger partial charge on any atom is 0.302 e. The number of halogens is 3. The number of hydrogen-bond donors (Lipinski definition) is 0. The van der Waals surface area contributed by atoms with Crippen molar-refractivity contribution in [2.45, 2.75) is 19.4 Å². The fraction of sp³-hybridized carbons (Fsp3) is 0.462. The van der Waals surface area contributed by atoms with Crippen molar-refractivity contribution < 1.29 is 25.9 Å². The van der Waals surface area contributed by atoms with Crippen LogP contribution in [-0.4, -0.2) is 31.5 Å². The molecule has 0 bridgehead atoms. The lowest BCUT2D eigenvalue weighted by Gasteiger charge is -2.25. The minimum Gasteiger partial charge on any atom is -0.336 e. The molecule has 2 rings (SSSR count). The number of rotatable bonds is 4. The van der Waals surface area contributed by atoms with Crippen molar-refractivity contribution >= 4 is 16.1 Å². The SMILES string of the molecule is CC(c1ccc(F)c(F)c1)N1CC(CS(=O)(=O)F)CC1=O. The number of amides is 1. The minimum absolute atomic E-state index is 0.0716. The summed E-state index contributed by atoms with van der Waals surface area (Å²) in [5.74, 6) is -3.67. The Bertz CT molecular complexity index is 663.